The highest BCUT2D eigenvalue weighted by Gasteiger charge is 2.50. The van der Waals surface area contributed by atoms with E-state index >= 15 is 0 Å². The summed E-state index contributed by atoms with van der Waals surface area (Å²) in [7, 11) is 0. The van der Waals surface area contributed by atoms with Gasteiger partial charge in [-0.25, -0.2) is 0 Å². The van der Waals surface area contributed by atoms with Gasteiger partial charge in [0.1, 0.15) is 11.8 Å². The Balaban J connectivity index is 3.15. The Hall–Kier alpha value is -1.92. The largest absolute Gasteiger partial charge is 0.481 e. The lowest BCUT2D eigenvalue weighted by atomic mass is 9.73. The van der Waals surface area contributed by atoms with Gasteiger partial charge in [0.05, 0.1) is 0 Å². The van der Waals surface area contributed by atoms with Gasteiger partial charge in [-0.1, -0.05) is 13.8 Å². The van der Waals surface area contributed by atoms with Crippen LogP contribution in [0.3, 0.4) is 0 Å². The summed E-state index contributed by atoms with van der Waals surface area (Å²) in [6, 6.07) is 0. The zero-order valence-corrected chi connectivity index (χ0v) is 10.0. The first-order chi connectivity index (χ1) is 8.25. The fourth-order valence-corrected chi connectivity index (χ4v) is 2.27. The molecule has 1 rings (SSSR count). The molecular formula is C11H15NO6. The third kappa shape index (κ3) is 2.66. The molecule has 1 aliphatic rings. The minimum Gasteiger partial charge on any atom is -0.481 e. The third-order valence-corrected chi connectivity index (χ3v) is 2.94. The lowest BCUT2D eigenvalue weighted by Crippen LogP contribution is -2.56. The van der Waals surface area contributed by atoms with Crippen molar-refractivity contribution in [3.05, 3.63) is 0 Å². The summed E-state index contributed by atoms with van der Waals surface area (Å²) in [5.41, 5.74) is 0. The van der Waals surface area contributed by atoms with Crippen molar-refractivity contribution in [1.82, 2.24) is 5.32 Å². The van der Waals surface area contributed by atoms with Crippen molar-refractivity contribution in [3.8, 4) is 0 Å². The van der Waals surface area contributed by atoms with Crippen LogP contribution in [0.15, 0.2) is 0 Å². The van der Waals surface area contributed by atoms with E-state index in [1.807, 2.05) is 0 Å². The van der Waals surface area contributed by atoms with Gasteiger partial charge in [-0.05, 0) is 12.3 Å². The van der Waals surface area contributed by atoms with Crippen LogP contribution in [-0.2, 0) is 19.2 Å². The Bertz CT molecular complexity index is 370. The monoisotopic (exact) mass is 257 g/mol. The number of aliphatic carboxylic acids is 2. The van der Waals surface area contributed by atoms with Crippen LogP contribution in [0, 0.1) is 23.7 Å². The van der Waals surface area contributed by atoms with E-state index in [2.05, 4.69) is 0 Å². The van der Waals surface area contributed by atoms with Crippen molar-refractivity contribution in [1.29, 1.82) is 0 Å². The van der Waals surface area contributed by atoms with E-state index in [9.17, 15) is 19.2 Å². The molecule has 2 amide bonds. The van der Waals surface area contributed by atoms with Gasteiger partial charge in [-0.2, -0.15) is 0 Å². The molecule has 0 bridgehead atoms. The molecule has 0 aromatic rings. The average Bonchev–Trinajstić information content (AvgIpc) is 2.13. The SMILES string of the molecule is CC(C)CC1C(C(=O)O)C(=O)NC(=O)C1C(=O)O. The second-order valence-corrected chi connectivity index (χ2v) is 4.78. The van der Waals surface area contributed by atoms with E-state index < -0.39 is 41.5 Å². The summed E-state index contributed by atoms with van der Waals surface area (Å²) in [5, 5.41) is 19.8. The van der Waals surface area contributed by atoms with Crippen LogP contribution >= 0.6 is 0 Å². The Morgan fingerprint density at radius 1 is 1.11 bits per heavy atom. The zero-order chi connectivity index (χ0) is 14.0. The number of piperidine rings is 1. The van der Waals surface area contributed by atoms with E-state index in [1.165, 1.54) is 0 Å². The Kier molecular flexibility index (Phi) is 4.05. The molecule has 1 saturated heterocycles. The Morgan fingerprint density at radius 2 is 1.50 bits per heavy atom. The molecule has 7 nitrogen and oxygen atoms in total. The minimum atomic E-state index is -1.49. The van der Waals surface area contributed by atoms with Crippen molar-refractivity contribution < 1.29 is 29.4 Å². The second kappa shape index (κ2) is 5.16. The van der Waals surface area contributed by atoms with Crippen LogP contribution in [0.1, 0.15) is 20.3 Å². The van der Waals surface area contributed by atoms with E-state index in [-0.39, 0.29) is 12.3 Å². The summed E-state index contributed by atoms with van der Waals surface area (Å²) in [6.45, 7) is 3.55. The number of rotatable bonds is 4. The number of carboxylic acid groups (broad SMARTS) is 2. The van der Waals surface area contributed by atoms with Crippen molar-refractivity contribution in [2.45, 2.75) is 20.3 Å². The van der Waals surface area contributed by atoms with E-state index in [0.29, 0.717) is 0 Å². The van der Waals surface area contributed by atoms with Gasteiger partial charge in [0.25, 0.3) is 0 Å². The van der Waals surface area contributed by atoms with Crippen LogP contribution in [-0.4, -0.2) is 34.0 Å². The fraction of sp³-hybridized carbons (Fsp3) is 0.636. The minimum absolute atomic E-state index is 0.0163. The number of carboxylic acids is 2. The van der Waals surface area contributed by atoms with Gasteiger partial charge in [-0.3, -0.25) is 24.5 Å². The van der Waals surface area contributed by atoms with Crippen LogP contribution < -0.4 is 5.32 Å². The lowest BCUT2D eigenvalue weighted by molar-refractivity contribution is -0.162. The van der Waals surface area contributed by atoms with Gasteiger partial charge in [0.2, 0.25) is 11.8 Å². The number of carbonyl (C=O) groups is 4. The van der Waals surface area contributed by atoms with E-state index in [4.69, 9.17) is 10.2 Å². The maximum absolute atomic E-state index is 11.5. The molecule has 0 aromatic carbocycles. The van der Waals surface area contributed by atoms with Crippen molar-refractivity contribution >= 4 is 23.8 Å². The number of hydrogen-bond donors (Lipinski definition) is 3. The van der Waals surface area contributed by atoms with Crippen molar-refractivity contribution in [2.75, 3.05) is 0 Å². The summed E-state index contributed by atoms with van der Waals surface area (Å²) in [4.78, 5) is 45.1. The molecule has 1 aliphatic heterocycles. The molecule has 0 spiro atoms. The van der Waals surface area contributed by atoms with Gasteiger partial charge < -0.3 is 10.2 Å². The maximum Gasteiger partial charge on any atom is 0.316 e. The molecule has 18 heavy (non-hydrogen) atoms. The number of carbonyl (C=O) groups excluding carboxylic acids is 2. The Labute approximate surface area is 103 Å². The fourth-order valence-electron chi connectivity index (χ4n) is 2.27. The number of imide groups is 1. The van der Waals surface area contributed by atoms with Gasteiger partial charge in [-0.15, -0.1) is 0 Å². The first-order valence-corrected chi connectivity index (χ1v) is 5.56. The molecule has 0 saturated carbocycles. The molecule has 7 heteroatoms. The number of amides is 2. The molecule has 1 heterocycles. The van der Waals surface area contributed by atoms with Crippen LogP contribution in [0.5, 0.6) is 0 Å². The van der Waals surface area contributed by atoms with Gasteiger partial charge in [0.15, 0.2) is 0 Å². The average molecular weight is 257 g/mol. The molecule has 100 valence electrons. The van der Waals surface area contributed by atoms with Crippen LogP contribution in [0.4, 0.5) is 0 Å². The predicted octanol–water partition coefficient (Wildman–Crippen LogP) is -0.293. The highest BCUT2D eigenvalue weighted by atomic mass is 16.4. The first-order valence-electron chi connectivity index (χ1n) is 5.56. The second-order valence-electron chi connectivity index (χ2n) is 4.78. The van der Waals surface area contributed by atoms with E-state index in [1.54, 1.807) is 19.2 Å². The molecule has 2 unspecified atom stereocenters. The molecule has 0 radical (unpaired) electrons. The summed E-state index contributed by atoms with van der Waals surface area (Å²) >= 11 is 0. The predicted molar refractivity (Wildman–Crippen MR) is 58.3 cm³/mol. The summed E-state index contributed by atoms with van der Waals surface area (Å²) in [5.74, 6) is -8.70. The molecule has 0 aromatic heterocycles. The summed E-state index contributed by atoms with van der Waals surface area (Å²) in [6.07, 6.45) is 0.188. The molecule has 0 aliphatic carbocycles. The normalized spacial score (nSPS) is 28.1. The van der Waals surface area contributed by atoms with Crippen molar-refractivity contribution in [2.24, 2.45) is 23.7 Å². The first kappa shape index (κ1) is 14.1. The maximum atomic E-state index is 11.5. The van der Waals surface area contributed by atoms with Crippen LogP contribution in [0.25, 0.3) is 0 Å². The van der Waals surface area contributed by atoms with Crippen molar-refractivity contribution in [3.63, 3.8) is 0 Å². The Morgan fingerprint density at radius 3 is 1.78 bits per heavy atom. The van der Waals surface area contributed by atoms with E-state index in [0.717, 1.165) is 0 Å². The quantitative estimate of drug-likeness (QED) is 0.470. The van der Waals surface area contributed by atoms with Gasteiger partial charge in [0, 0.05) is 5.92 Å². The number of nitrogens with one attached hydrogen (secondary N) is 1. The summed E-state index contributed by atoms with van der Waals surface area (Å²) < 4.78 is 0. The molecular weight excluding hydrogens is 242 g/mol. The topological polar surface area (TPSA) is 121 Å². The lowest BCUT2D eigenvalue weighted by Gasteiger charge is -2.33. The zero-order valence-electron chi connectivity index (χ0n) is 10.0. The smallest absolute Gasteiger partial charge is 0.316 e. The highest BCUT2D eigenvalue weighted by Crippen LogP contribution is 2.32. The standard InChI is InChI=1S/C11H15NO6/c1-4(2)3-5-6(10(15)16)8(13)12-9(14)7(5)11(17)18/h4-7H,3H2,1-2H3,(H,15,16)(H,17,18)(H,12,13,14). The number of hydrogen-bond acceptors (Lipinski definition) is 4. The molecule has 1 fully saturated rings. The van der Waals surface area contributed by atoms with Crippen LogP contribution in [0.2, 0.25) is 0 Å². The molecule has 2 atom stereocenters. The third-order valence-electron chi connectivity index (χ3n) is 2.94. The molecule has 3 N–H and O–H groups in total. The van der Waals surface area contributed by atoms with Gasteiger partial charge >= 0.3 is 11.9 Å². The highest BCUT2D eigenvalue weighted by molar-refractivity contribution is 6.13.